The fraction of sp³-hybridized carbons (Fsp3) is 0.394. The first-order valence-electron chi connectivity index (χ1n) is 14.4. The number of piperazine rings is 1. The first kappa shape index (κ1) is 27.0. The molecular weight excluding hydrogens is 520 g/mol. The molecule has 3 heterocycles. The molecule has 40 heavy (non-hydrogen) atoms. The van der Waals surface area contributed by atoms with E-state index in [2.05, 4.69) is 63.7 Å². The molecule has 2 aliphatic rings. The zero-order valence-corrected chi connectivity index (χ0v) is 24.1. The van der Waals surface area contributed by atoms with Crippen LogP contribution in [0.1, 0.15) is 36.9 Å². The van der Waals surface area contributed by atoms with Crippen molar-refractivity contribution in [3.05, 3.63) is 83.1 Å². The van der Waals surface area contributed by atoms with Crippen molar-refractivity contribution in [2.24, 2.45) is 5.92 Å². The van der Waals surface area contributed by atoms with Crippen molar-refractivity contribution in [2.75, 3.05) is 33.3 Å². The molecule has 1 saturated heterocycles. The van der Waals surface area contributed by atoms with Gasteiger partial charge in [0.1, 0.15) is 5.65 Å². The summed E-state index contributed by atoms with van der Waals surface area (Å²) in [5, 5.41) is 0.714. The average Bonchev–Trinajstić information content (AvgIpc) is 3.35. The van der Waals surface area contributed by atoms with Gasteiger partial charge in [-0.25, -0.2) is 4.98 Å². The number of rotatable bonds is 6. The van der Waals surface area contributed by atoms with E-state index in [1.807, 2.05) is 24.3 Å². The van der Waals surface area contributed by atoms with E-state index in [1.54, 1.807) is 7.11 Å². The lowest BCUT2D eigenvalue weighted by molar-refractivity contribution is -0.140. The minimum atomic E-state index is 0.0978. The lowest BCUT2D eigenvalue weighted by Gasteiger charge is -2.38. The number of halogens is 1. The molecule has 6 rings (SSSR count). The predicted octanol–water partition coefficient (Wildman–Crippen LogP) is 6.48. The van der Waals surface area contributed by atoms with Gasteiger partial charge >= 0.3 is 0 Å². The minimum Gasteiger partial charge on any atom is -0.381 e. The van der Waals surface area contributed by atoms with Crippen LogP contribution in [0.25, 0.3) is 28.0 Å². The quantitative estimate of drug-likeness (QED) is 0.273. The highest BCUT2D eigenvalue weighted by atomic mass is 35.5. The number of methoxy groups -OCH3 is 1. The molecule has 7 heteroatoms. The number of fused-ring (bicyclic) bond motifs is 1. The third-order valence-electron chi connectivity index (χ3n) is 8.55. The van der Waals surface area contributed by atoms with Crippen LogP contribution in [0.5, 0.6) is 0 Å². The number of benzene rings is 2. The number of nitrogens with zero attached hydrogens (tertiary/aromatic N) is 4. The molecule has 208 valence electrons. The summed E-state index contributed by atoms with van der Waals surface area (Å²) in [7, 11) is 1.76. The largest absolute Gasteiger partial charge is 0.381 e. The van der Waals surface area contributed by atoms with Crippen molar-refractivity contribution < 1.29 is 9.53 Å². The Morgan fingerprint density at radius 1 is 0.975 bits per heavy atom. The van der Waals surface area contributed by atoms with Gasteiger partial charge in [-0.2, -0.15) is 0 Å². The predicted molar refractivity (Wildman–Crippen MR) is 160 cm³/mol. The molecule has 1 aliphatic heterocycles. The molecule has 2 aromatic carbocycles. The molecule has 0 radical (unpaired) electrons. The number of ether oxygens (including phenoxy) is 1. The number of hydrogen-bond donors (Lipinski definition) is 0. The Hall–Kier alpha value is -3.19. The third kappa shape index (κ3) is 5.67. The highest BCUT2D eigenvalue weighted by molar-refractivity contribution is 6.30. The van der Waals surface area contributed by atoms with Crippen molar-refractivity contribution in [1.29, 1.82) is 0 Å². The smallest absolute Gasteiger partial charge is 0.225 e. The van der Waals surface area contributed by atoms with Crippen molar-refractivity contribution in [3.63, 3.8) is 0 Å². The van der Waals surface area contributed by atoms with Crippen LogP contribution in [0.4, 0.5) is 0 Å². The normalized spacial score (nSPS) is 20.2. The Kier molecular flexibility index (Phi) is 7.92. The molecule has 0 unspecified atom stereocenters. The minimum absolute atomic E-state index is 0.0978. The summed E-state index contributed by atoms with van der Waals surface area (Å²) in [6.07, 6.45) is 6.39. The number of imidazole rings is 1. The number of carbonyl (C=O) groups is 1. The van der Waals surface area contributed by atoms with E-state index in [0.717, 1.165) is 86.6 Å². The molecule has 0 spiro atoms. The van der Waals surface area contributed by atoms with Crippen LogP contribution in [0.3, 0.4) is 0 Å². The van der Waals surface area contributed by atoms with Gasteiger partial charge in [-0.3, -0.25) is 9.69 Å². The number of carbonyl (C=O) groups excluding carboxylic acids is 1. The fourth-order valence-corrected chi connectivity index (χ4v) is 6.38. The summed E-state index contributed by atoms with van der Waals surface area (Å²) >= 11 is 6.21. The van der Waals surface area contributed by atoms with Crippen molar-refractivity contribution >= 4 is 23.2 Å². The maximum absolute atomic E-state index is 13.3. The van der Waals surface area contributed by atoms with Gasteiger partial charge in [0.15, 0.2) is 0 Å². The maximum atomic E-state index is 13.3. The number of hydrogen-bond acceptors (Lipinski definition) is 4. The van der Waals surface area contributed by atoms with Crippen LogP contribution in [-0.2, 0) is 16.1 Å². The molecule has 1 saturated carbocycles. The zero-order chi connectivity index (χ0) is 27.6. The topological polar surface area (TPSA) is 50.1 Å². The maximum Gasteiger partial charge on any atom is 0.225 e. The Morgan fingerprint density at radius 2 is 1.75 bits per heavy atom. The second-order valence-electron chi connectivity index (χ2n) is 11.3. The van der Waals surface area contributed by atoms with Gasteiger partial charge in [0.2, 0.25) is 5.91 Å². The van der Waals surface area contributed by atoms with Crippen LogP contribution in [0.15, 0.2) is 66.9 Å². The molecule has 1 aliphatic carbocycles. The van der Waals surface area contributed by atoms with Crippen LogP contribution in [0, 0.1) is 12.8 Å². The molecule has 2 fully saturated rings. The van der Waals surface area contributed by atoms with E-state index in [9.17, 15) is 4.79 Å². The monoisotopic (exact) mass is 556 g/mol. The second-order valence-corrected chi connectivity index (χ2v) is 11.7. The molecule has 1 amide bonds. The van der Waals surface area contributed by atoms with E-state index in [1.165, 1.54) is 11.1 Å². The molecule has 6 nitrogen and oxygen atoms in total. The Morgan fingerprint density at radius 3 is 2.50 bits per heavy atom. The number of aryl methyl sites for hydroxylation is 1. The van der Waals surface area contributed by atoms with E-state index < -0.39 is 0 Å². The van der Waals surface area contributed by atoms with Gasteiger partial charge in [0.25, 0.3) is 0 Å². The van der Waals surface area contributed by atoms with Crippen molar-refractivity contribution in [1.82, 2.24) is 19.2 Å². The standard InChI is InChI=1S/C33H37ClN4O2/c1-23-5-3-6-25(19-23)27-11-14-31-35-32(24-9-12-28(34)13-10-24)30(38(31)21-27)22-36-15-17-37(18-16-36)33(39)26-7-4-8-29(20-26)40-2/h3,5-6,9-14,19,21,26,29H,4,7-8,15-18,20,22H2,1-2H3/t26-,29+/m0/s1. The first-order valence-corrected chi connectivity index (χ1v) is 14.7. The van der Waals surface area contributed by atoms with Gasteiger partial charge in [0.05, 0.1) is 17.5 Å². The Balaban J connectivity index is 1.25. The molecule has 2 atom stereocenters. The van der Waals surface area contributed by atoms with Crippen LogP contribution in [0.2, 0.25) is 5.02 Å². The van der Waals surface area contributed by atoms with Crippen LogP contribution >= 0.6 is 11.6 Å². The van der Waals surface area contributed by atoms with Gasteiger partial charge in [-0.1, -0.05) is 60.0 Å². The van der Waals surface area contributed by atoms with E-state index in [0.29, 0.717) is 10.9 Å². The number of pyridine rings is 1. The number of aromatic nitrogens is 2. The molecule has 0 bridgehead atoms. The first-order chi connectivity index (χ1) is 19.5. The molecule has 2 aromatic heterocycles. The van der Waals surface area contributed by atoms with Crippen molar-refractivity contribution in [3.8, 4) is 22.4 Å². The summed E-state index contributed by atoms with van der Waals surface area (Å²) in [5.74, 6) is 0.404. The SMILES string of the molecule is CO[C@@H]1CCC[C@H](C(=O)N2CCN(Cc3c(-c4ccc(Cl)cc4)nc4ccc(-c5cccc(C)c5)cn34)CC2)C1. The average molecular weight is 557 g/mol. The van der Waals surface area contributed by atoms with Gasteiger partial charge in [-0.15, -0.1) is 0 Å². The zero-order valence-electron chi connectivity index (χ0n) is 23.4. The Bertz CT molecular complexity index is 1490. The Labute approximate surface area is 241 Å². The highest BCUT2D eigenvalue weighted by Crippen LogP contribution is 2.31. The lowest BCUT2D eigenvalue weighted by Crippen LogP contribution is -2.50. The molecule has 4 aromatic rings. The van der Waals surface area contributed by atoms with Gasteiger partial charge in [0, 0.05) is 62.5 Å². The fourth-order valence-electron chi connectivity index (χ4n) is 6.26. The van der Waals surface area contributed by atoms with Crippen LogP contribution < -0.4 is 0 Å². The van der Waals surface area contributed by atoms with Crippen LogP contribution in [-0.4, -0.2) is 64.5 Å². The van der Waals surface area contributed by atoms with Gasteiger partial charge < -0.3 is 14.0 Å². The molecular formula is C33H37ClN4O2. The van der Waals surface area contributed by atoms with Gasteiger partial charge in [-0.05, 0) is 61.6 Å². The summed E-state index contributed by atoms with van der Waals surface area (Å²) < 4.78 is 7.81. The molecule has 0 N–H and O–H groups in total. The summed E-state index contributed by atoms with van der Waals surface area (Å²) in [5.41, 5.74) is 7.71. The lowest BCUT2D eigenvalue weighted by atomic mass is 9.86. The number of amides is 1. The third-order valence-corrected chi connectivity index (χ3v) is 8.80. The highest BCUT2D eigenvalue weighted by Gasteiger charge is 2.32. The van der Waals surface area contributed by atoms with E-state index in [4.69, 9.17) is 21.3 Å². The summed E-state index contributed by atoms with van der Waals surface area (Å²) in [6, 6.07) is 20.8. The van der Waals surface area contributed by atoms with E-state index >= 15 is 0 Å². The summed E-state index contributed by atoms with van der Waals surface area (Å²) in [6.45, 7) is 6.09. The second kappa shape index (κ2) is 11.7. The van der Waals surface area contributed by atoms with Crippen molar-refractivity contribution in [2.45, 2.75) is 45.3 Å². The van der Waals surface area contributed by atoms with E-state index in [-0.39, 0.29) is 12.0 Å². The summed E-state index contributed by atoms with van der Waals surface area (Å²) in [4.78, 5) is 22.9.